The Morgan fingerprint density at radius 2 is 0.495 bits per heavy atom. The second-order valence-electron chi connectivity index (χ2n) is 26.5. The van der Waals surface area contributed by atoms with E-state index < -0.39 is 91.5 Å². The molecule has 606 valence electrons. The molecule has 5 unspecified atom stereocenters. The Kier molecular flexibility index (Phi) is 75.7. The number of unbranched alkanes of at least 4 members (excludes halogenated alkanes) is 20. The number of phosphoric ester groups is 2. The number of hydrogen-bond acceptors (Lipinski definition) is 14. The van der Waals surface area contributed by atoms with Crippen LogP contribution in [0.3, 0.4) is 0 Å². The number of carbonyl (C=O) groups excluding carboxylic acids is 3. The van der Waals surface area contributed by atoms with Crippen molar-refractivity contribution in [2.24, 2.45) is 0 Å². The molecule has 0 aromatic heterocycles. The van der Waals surface area contributed by atoms with Crippen LogP contribution in [0.15, 0.2) is 194 Å². The topological polar surface area (TPSA) is 231 Å². The van der Waals surface area contributed by atoms with Gasteiger partial charge in [0.1, 0.15) is 25.4 Å². The van der Waals surface area contributed by atoms with E-state index in [0.29, 0.717) is 25.7 Å². The first-order valence-electron chi connectivity index (χ1n) is 40.7. The highest BCUT2D eigenvalue weighted by Crippen LogP contribution is 2.45. The molecule has 0 aromatic rings. The molecule has 0 fully saturated rings. The number of esters is 3. The molecule has 0 spiro atoms. The van der Waals surface area contributed by atoms with E-state index in [4.69, 9.17) is 32.3 Å². The summed E-state index contributed by atoms with van der Waals surface area (Å²) in [6, 6.07) is 0. The molecule has 0 saturated heterocycles. The molecule has 5 atom stereocenters. The molecule has 18 heteroatoms. The molecular weight excluding hydrogens is 1390 g/mol. The quantitative estimate of drug-likeness (QED) is 0.0146. The maximum atomic E-state index is 13.0. The Labute approximate surface area is 648 Å². The van der Waals surface area contributed by atoms with E-state index in [9.17, 15) is 43.5 Å². The van der Waals surface area contributed by atoms with E-state index in [2.05, 4.69) is 215 Å². The van der Waals surface area contributed by atoms with Gasteiger partial charge in [0.2, 0.25) is 0 Å². The van der Waals surface area contributed by atoms with Crippen molar-refractivity contribution in [1.82, 2.24) is 0 Å². The molecule has 0 aliphatic rings. The van der Waals surface area contributed by atoms with Crippen LogP contribution in [0.2, 0.25) is 0 Å². The van der Waals surface area contributed by atoms with Gasteiger partial charge in [0.25, 0.3) is 0 Å². The van der Waals surface area contributed by atoms with Crippen molar-refractivity contribution < 1.29 is 75.8 Å². The van der Waals surface area contributed by atoms with E-state index in [-0.39, 0.29) is 19.3 Å². The van der Waals surface area contributed by atoms with Crippen molar-refractivity contribution in [2.45, 2.75) is 309 Å². The Morgan fingerprint density at radius 3 is 0.804 bits per heavy atom. The number of phosphoric acid groups is 2. The SMILES string of the molecule is CC/C=C\C/C=C\C/C=C\C/C=C\C/C=C\C/C=C\CCCCCCC(=O)OCC(COP(=O)(O)OCC(O)COP(=O)(O)OCC(O)COC(=O)CCCCCCCCCCCCC/C=C\C/C=C\C/C=C\C/C=C\CCCCC)OC(=O)CCCC/C=C\C/C=C\C/C=C\C/C=C\C/C=C\C/C=C\CC. The summed E-state index contributed by atoms with van der Waals surface area (Å²) in [5.74, 6) is -1.67. The number of rotatable bonds is 75. The Morgan fingerprint density at radius 1 is 0.271 bits per heavy atom. The lowest BCUT2D eigenvalue weighted by molar-refractivity contribution is -0.161. The number of carbonyl (C=O) groups is 3. The molecule has 0 bridgehead atoms. The summed E-state index contributed by atoms with van der Waals surface area (Å²) >= 11 is 0. The van der Waals surface area contributed by atoms with Gasteiger partial charge in [0, 0.05) is 19.3 Å². The molecule has 0 heterocycles. The average Bonchev–Trinajstić information content (AvgIpc) is 0.906. The van der Waals surface area contributed by atoms with Gasteiger partial charge in [-0.25, -0.2) is 9.13 Å². The number of aliphatic hydroxyl groups is 2. The number of hydrogen-bond donors (Lipinski definition) is 4. The van der Waals surface area contributed by atoms with Crippen LogP contribution in [0.25, 0.3) is 0 Å². The Hall–Kier alpha value is -5.61. The van der Waals surface area contributed by atoms with Gasteiger partial charge in [-0.3, -0.25) is 32.5 Å². The van der Waals surface area contributed by atoms with E-state index in [1.807, 2.05) is 0 Å². The fourth-order valence-electron chi connectivity index (χ4n) is 10.1. The van der Waals surface area contributed by atoms with Gasteiger partial charge in [0.05, 0.1) is 26.4 Å². The van der Waals surface area contributed by atoms with Crippen molar-refractivity contribution in [2.75, 3.05) is 39.6 Å². The second-order valence-corrected chi connectivity index (χ2v) is 29.4. The summed E-state index contributed by atoms with van der Waals surface area (Å²) in [6.45, 7) is 2.32. The first kappa shape index (κ1) is 101. The van der Waals surface area contributed by atoms with Gasteiger partial charge < -0.3 is 34.2 Å². The predicted molar refractivity (Wildman–Crippen MR) is 444 cm³/mol. The minimum absolute atomic E-state index is 0.0346. The zero-order chi connectivity index (χ0) is 78.0. The lowest BCUT2D eigenvalue weighted by atomic mass is 10.0. The molecule has 0 aromatic carbocycles. The van der Waals surface area contributed by atoms with Crippen LogP contribution in [0.4, 0.5) is 0 Å². The molecule has 0 aliphatic carbocycles. The van der Waals surface area contributed by atoms with Crippen LogP contribution in [-0.4, -0.2) is 95.9 Å². The first-order valence-corrected chi connectivity index (χ1v) is 43.7. The summed E-state index contributed by atoms with van der Waals surface area (Å²) < 4.78 is 61.2. The van der Waals surface area contributed by atoms with Crippen molar-refractivity contribution in [1.29, 1.82) is 0 Å². The summed E-state index contributed by atoms with van der Waals surface area (Å²) in [4.78, 5) is 58.8. The standard InChI is InChI=1S/C89H144O16P2/c1-4-7-10-13-16-19-22-25-28-31-34-37-39-40-41-42-44-47-48-51-54-57-60-63-66-69-72-75-87(92)99-78-84(90)79-101-106(95,96)102-80-85(91)81-103-107(97,98)104-83-86(105-89(94)77-74-71-68-65-62-59-56-53-50-45-36-33-30-27-24-21-18-15-12-9-6-3)82-100-88(93)76-73-70-67-64-61-58-55-52-49-46-43-38-35-32-29-26-23-20-17-14-11-8-5-2/h8-9,11-12,16-21,25-30,34-38,40-41,45-46,49,53,55-56,58,62,65,84-86,90-91H,4-7,10,13-15,22-24,31-33,39,42-44,47-48,50-52,54,57,59-61,63-64,66-83H2,1-3H3,(H,95,96)(H,97,98)/b11-8-,12-9-,19-16-,20-17-,21-18-,28-25-,29-26-,30-27-,37-34-,38-35-,41-40-,45-36-,49-46-,56-53-,58-55-,65-62-. The van der Waals surface area contributed by atoms with Crippen LogP contribution in [0.5, 0.6) is 0 Å². The highest BCUT2D eigenvalue weighted by Gasteiger charge is 2.29. The van der Waals surface area contributed by atoms with Crippen LogP contribution < -0.4 is 0 Å². The Bertz CT molecular complexity index is 2720. The van der Waals surface area contributed by atoms with Crippen molar-refractivity contribution in [3.8, 4) is 0 Å². The van der Waals surface area contributed by atoms with E-state index in [1.165, 1.54) is 64.2 Å². The van der Waals surface area contributed by atoms with E-state index in [0.717, 1.165) is 161 Å². The van der Waals surface area contributed by atoms with Crippen molar-refractivity contribution in [3.05, 3.63) is 194 Å². The summed E-state index contributed by atoms with van der Waals surface area (Å²) in [7, 11) is -9.84. The van der Waals surface area contributed by atoms with Crippen molar-refractivity contribution >= 4 is 33.6 Å². The highest BCUT2D eigenvalue weighted by molar-refractivity contribution is 7.47. The van der Waals surface area contributed by atoms with E-state index in [1.54, 1.807) is 0 Å². The zero-order valence-electron chi connectivity index (χ0n) is 66.2. The van der Waals surface area contributed by atoms with E-state index >= 15 is 0 Å². The lowest BCUT2D eigenvalue weighted by Crippen LogP contribution is -2.30. The summed E-state index contributed by atoms with van der Waals surface area (Å²) in [5.41, 5.74) is 0. The fourth-order valence-corrected chi connectivity index (χ4v) is 11.7. The third-order valence-electron chi connectivity index (χ3n) is 16.3. The third kappa shape index (κ3) is 81.2. The molecule has 0 saturated carbocycles. The molecular formula is C89H144O16P2. The predicted octanol–water partition coefficient (Wildman–Crippen LogP) is 24.3. The van der Waals surface area contributed by atoms with Gasteiger partial charge in [-0.1, -0.05) is 299 Å². The molecule has 4 N–H and O–H groups in total. The smallest absolute Gasteiger partial charge is 0.463 e. The molecule has 0 aliphatic heterocycles. The maximum absolute atomic E-state index is 13.0. The summed E-state index contributed by atoms with van der Waals surface area (Å²) in [5, 5.41) is 20.7. The molecule has 107 heavy (non-hydrogen) atoms. The van der Waals surface area contributed by atoms with Gasteiger partial charge in [-0.15, -0.1) is 0 Å². The van der Waals surface area contributed by atoms with Gasteiger partial charge >= 0.3 is 33.6 Å². The van der Waals surface area contributed by atoms with Crippen LogP contribution >= 0.6 is 15.6 Å². The monoisotopic (exact) mass is 1530 g/mol. The Balaban J connectivity index is 4.74. The number of ether oxygens (including phenoxy) is 3. The molecule has 0 radical (unpaired) electrons. The molecule has 0 rings (SSSR count). The van der Waals surface area contributed by atoms with Crippen LogP contribution in [0, 0.1) is 0 Å². The molecule has 16 nitrogen and oxygen atoms in total. The summed E-state index contributed by atoms with van der Waals surface area (Å²) in [6.07, 6.45) is 105. The van der Waals surface area contributed by atoms with Gasteiger partial charge in [-0.05, 0) is 167 Å². The van der Waals surface area contributed by atoms with Crippen LogP contribution in [0.1, 0.15) is 290 Å². The largest absolute Gasteiger partial charge is 0.472 e. The van der Waals surface area contributed by atoms with Crippen molar-refractivity contribution in [3.63, 3.8) is 0 Å². The minimum atomic E-state index is -4.96. The molecule has 0 amide bonds. The average molecular weight is 1530 g/mol. The number of aliphatic hydroxyl groups excluding tert-OH is 2. The minimum Gasteiger partial charge on any atom is -0.463 e. The zero-order valence-corrected chi connectivity index (χ0v) is 68.0. The lowest BCUT2D eigenvalue weighted by Gasteiger charge is -2.21. The van der Waals surface area contributed by atoms with Gasteiger partial charge in [0.15, 0.2) is 6.10 Å². The maximum Gasteiger partial charge on any atom is 0.472 e. The second kappa shape index (κ2) is 79.9. The fraction of sp³-hybridized carbons (Fsp3) is 0.607. The van der Waals surface area contributed by atoms with Crippen LogP contribution in [-0.2, 0) is 55.8 Å². The number of allylic oxidation sites excluding steroid dienone is 32. The normalized spacial score (nSPS) is 14.9. The highest BCUT2D eigenvalue weighted by atomic mass is 31.2. The third-order valence-corrected chi connectivity index (χ3v) is 18.2. The van der Waals surface area contributed by atoms with Gasteiger partial charge in [-0.2, -0.15) is 0 Å². The first-order chi connectivity index (χ1) is 52.2.